The molecule has 1 aromatic heterocycles. The number of nitrogens with one attached hydrogen (secondary N) is 1. The largest absolute Gasteiger partial charge is 0.302 e. The van der Waals surface area contributed by atoms with E-state index in [4.69, 9.17) is 11.6 Å². The van der Waals surface area contributed by atoms with Gasteiger partial charge in [0.05, 0.1) is 6.20 Å². The van der Waals surface area contributed by atoms with Crippen LogP contribution in [-0.2, 0) is 6.54 Å². The summed E-state index contributed by atoms with van der Waals surface area (Å²) in [7, 11) is 0. The predicted octanol–water partition coefficient (Wildman–Crippen LogP) is 4.05. The van der Waals surface area contributed by atoms with Crippen LogP contribution in [0.3, 0.4) is 0 Å². The molecule has 0 aliphatic carbocycles. The van der Waals surface area contributed by atoms with Crippen molar-refractivity contribution < 1.29 is 4.79 Å². The van der Waals surface area contributed by atoms with Gasteiger partial charge in [0.25, 0.3) is 5.91 Å². The summed E-state index contributed by atoms with van der Waals surface area (Å²) in [5.74, 6) is 0.266. The number of amides is 1. The molecule has 0 saturated carbocycles. The first-order chi connectivity index (χ1) is 18.8. The van der Waals surface area contributed by atoms with Gasteiger partial charge in [-0.2, -0.15) is 10.2 Å². The summed E-state index contributed by atoms with van der Waals surface area (Å²) in [4.78, 5) is 28.8. The minimum Gasteiger partial charge on any atom is -0.302 e. The lowest BCUT2D eigenvalue weighted by atomic mass is 10.1. The molecular weight excluding hydrogens is 512 g/mol. The zero-order chi connectivity index (χ0) is 28.2. The highest BCUT2D eigenvalue weighted by Crippen LogP contribution is 2.22. The molecule has 39 heavy (non-hydrogen) atoms. The number of nitrogens with zero attached hydrogens (tertiary/aromatic N) is 7. The summed E-state index contributed by atoms with van der Waals surface area (Å²) in [6.07, 6.45) is 3.80. The molecule has 1 fully saturated rings. The summed E-state index contributed by atoms with van der Waals surface area (Å²) in [5, 5.41) is 11.0. The average molecular weight is 555 g/mol. The van der Waals surface area contributed by atoms with E-state index in [0.717, 1.165) is 45.8 Å². The molecule has 2 aromatic rings. The Morgan fingerprint density at radius 3 is 2.31 bits per heavy atom. The van der Waals surface area contributed by atoms with Crippen LogP contribution in [0.4, 0.5) is 5.82 Å². The normalized spacial score (nSPS) is 14.5. The van der Waals surface area contributed by atoms with Gasteiger partial charge in [-0.15, -0.1) is 0 Å². The van der Waals surface area contributed by atoms with E-state index in [2.05, 4.69) is 43.9 Å². The van der Waals surface area contributed by atoms with E-state index in [0.29, 0.717) is 17.9 Å². The van der Waals surface area contributed by atoms with E-state index in [1.807, 2.05) is 44.2 Å². The number of rotatable bonds is 14. The summed E-state index contributed by atoms with van der Waals surface area (Å²) in [6, 6.07) is 9.67. The third-order valence-electron chi connectivity index (χ3n) is 6.76. The number of piperazine rings is 1. The number of hydrogen-bond acceptors (Lipinski definition) is 8. The molecule has 1 saturated heterocycles. The van der Waals surface area contributed by atoms with Gasteiger partial charge < -0.3 is 4.90 Å². The zero-order valence-corrected chi connectivity index (χ0v) is 24.6. The molecule has 3 rings (SSSR count). The smallest absolute Gasteiger partial charge is 0.269 e. The highest BCUT2D eigenvalue weighted by atomic mass is 35.5. The van der Waals surface area contributed by atoms with Gasteiger partial charge in [0.1, 0.15) is 11.1 Å². The lowest BCUT2D eigenvalue weighted by molar-refractivity contribution is 0.0947. The molecule has 0 atom stereocenters. The van der Waals surface area contributed by atoms with Gasteiger partial charge in [0, 0.05) is 57.9 Å². The van der Waals surface area contributed by atoms with E-state index < -0.39 is 0 Å². The maximum absolute atomic E-state index is 13.1. The highest BCUT2D eigenvalue weighted by Gasteiger charge is 2.20. The first-order valence-corrected chi connectivity index (χ1v) is 14.5. The number of hydrogen-bond donors (Lipinski definition) is 1. The number of carbonyl (C=O) groups excluding carboxylic acids is 1. The second-order valence-electron chi connectivity index (χ2n) is 10.6. The standard InChI is InChI=1S/C29H43ClN8O/c1-5-11-35(12-6-2)13-14-36-15-17-37(18-16-36)22-24-7-9-25(10-8-24)29(39)34-38(21-23(3)4)28-26(30)20-32-27(19-31)33-28/h7-10,20,23H,5-6,11-18,21-22H2,1-4H3,(H,34,39). The van der Waals surface area contributed by atoms with Crippen LogP contribution in [0, 0.1) is 17.2 Å². The molecule has 1 aromatic carbocycles. The molecule has 0 unspecified atom stereocenters. The Balaban J connectivity index is 1.52. The van der Waals surface area contributed by atoms with Crippen molar-refractivity contribution in [2.24, 2.45) is 5.92 Å². The molecule has 0 spiro atoms. The summed E-state index contributed by atoms with van der Waals surface area (Å²) >= 11 is 6.30. The molecule has 1 aliphatic rings. The Kier molecular flexibility index (Phi) is 12.4. The number of nitriles is 1. The predicted molar refractivity (Wildman–Crippen MR) is 157 cm³/mol. The van der Waals surface area contributed by atoms with Crippen molar-refractivity contribution in [3.05, 3.63) is 52.4 Å². The fraction of sp³-hybridized carbons (Fsp3) is 0.586. The Bertz CT molecular complexity index is 1070. The van der Waals surface area contributed by atoms with E-state index in [-0.39, 0.29) is 22.7 Å². The van der Waals surface area contributed by atoms with Crippen molar-refractivity contribution in [2.45, 2.75) is 47.1 Å². The van der Waals surface area contributed by atoms with Crippen molar-refractivity contribution in [1.29, 1.82) is 5.26 Å². The van der Waals surface area contributed by atoms with Crippen LogP contribution in [0.5, 0.6) is 0 Å². The van der Waals surface area contributed by atoms with Gasteiger partial charge in [-0.1, -0.05) is 51.4 Å². The first kappa shape index (κ1) is 30.8. The summed E-state index contributed by atoms with van der Waals surface area (Å²) in [5.41, 5.74) is 4.64. The molecular formula is C29H43ClN8O. The van der Waals surface area contributed by atoms with E-state index in [1.165, 1.54) is 37.7 Å². The van der Waals surface area contributed by atoms with E-state index in [1.54, 1.807) is 5.01 Å². The molecule has 1 aliphatic heterocycles. The minimum absolute atomic E-state index is 0.00227. The molecule has 0 bridgehead atoms. The van der Waals surface area contributed by atoms with Gasteiger partial charge in [0.15, 0.2) is 5.82 Å². The maximum atomic E-state index is 13.1. The van der Waals surface area contributed by atoms with Gasteiger partial charge in [-0.25, -0.2) is 4.98 Å². The van der Waals surface area contributed by atoms with Crippen molar-refractivity contribution in [3.8, 4) is 6.07 Å². The molecule has 212 valence electrons. The molecule has 9 nitrogen and oxygen atoms in total. The Morgan fingerprint density at radius 2 is 1.72 bits per heavy atom. The van der Waals surface area contributed by atoms with E-state index in [9.17, 15) is 10.1 Å². The van der Waals surface area contributed by atoms with Crippen molar-refractivity contribution in [2.75, 3.05) is 63.9 Å². The van der Waals surface area contributed by atoms with Gasteiger partial charge in [0.2, 0.25) is 5.82 Å². The number of carbonyl (C=O) groups is 1. The number of benzene rings is 1. The molecule has 2 heterocycles. The van der Waals surface area contributed by atoms with Crippen molar-refractivity contribution in [1.82, 2.24) is 30.1 Å². The average Bonchev–Trinajstić information content (AvgIpc) is 2.93. The second-order valence-corrected chi connectivity index (χ2v) is 11.0. The quantitative estimate of drug-likeness (QED) is 0.350. The van der Waals surface area contributed by atoms with Gasteiger partial charge >= 0.3 is 0 Å². The SMILES string of the molecule is CCCN(CCC)CCN1CCN(Cc2ccc(C(=O)NN(CC(C)C)c3nc(C#N)ncc3Cl)cc2)CC1. The molecule has 0 radical (unpaired) electrons. The van der Waals surface area contributed by atoms with Crippen LogP contribution >= 0.6 is 11.6 Å². The Labute approximate surface area is 238 Å². The third kappa shape index (κ3) is 9.73. The maximum Gasteiger partial charge on any atom is 0.269 e. The monoisotopic (exact) mass is 554 g/mol. The Hall–Kier alpha value is -2.77. The number of aromatic nitrogens is 2. The fourth-order valence-electron chi connectivity index (χ4n) is 4.78. The van der Waals surface area contributed by atoms with Crippen LogP contribution in [0.2, 0.25) is 5.02 Å². The van der Waals surface area contributed by atoms with Crippen LogP contribution in [-0.4, -0.2) is 89.5 Å². The molecule has 10 heteroatoms. The summed E-state index contributed by atoms with van der Waals surface area (Å²) < 4.78 is 0. The topological polar surface area (TPSA) is 91.6 Å². The van der Waals surface area contributed by atoms with Crippen LogP contribution in [0.15, 0.2) is 30.5 Å². The van der Waals surface area contributed by atoms with Crippen LogP contribution in [0.25, 0.3) is 0 Å². The van der Waals surface area contributed by atoms with Crippen LogP contribution in [0.1, 0.15) is 62.3 Å². The minimum atomic E-state index is -0.260. The van der Waals surface area contributed by atoms with Crippen LogP contribution < -0.4 is 10.4 Å². The fourth-order valence-corrected chi connectivity index (χ4v) is 4.97. The molecule has 1 amide bonds. The number of halogens is 1. The number of hydrazine groups is 1. The Morgan fingerprint density at radius 1 is 1.08 bits per heavy atom. The molecule has 1 N–H and O–H groups in total. The van der Waals surface area contributed by atoms with Gasteiger partial charge in [-0.3, -0.25) is 25.0 Å². The lowest BCUT2D eigenvalue weighted by Gasteiger charge is -2.36. The second kappa shape index (κ2) is 15.7. The van der Waals surface area contributed by atoms with E-state index >= 15 is 0 Å². The zero-order valence-electron chi connectivity index (χ0n) is 23.9. The number of anilines is 1. The van der Waals surface area contributed by atoms with Gasteiger partial charge in [-0.05, 0) is 49.5 Å². The lowest BCUT2D eigenvalue weighted by Crippen LogP contribution is -2.48. The third-order valence-corrected chi connectivity index (χ3v) is 7.03. The first-order valence-electron chi connectivity index (χ1n) is 14.1. The van der Waals surface area contributed by atoms with Crippen molar-refractivity contribution >= 4 is 23.3 Å². The highest BCUT2D eigenvalue weighted by molar-refractivity contribution is 6.32. The van der Waals surface area contributed by atoms with Crippen molar-refractivity contribution in [3.63, 3.8) is 0 Å². The summed E-state index contributed by atoms with van der Waals surface area (Å²) in [6.45, 7) is 18.9.